The first-order chi connectivity index (χ1) is 13.5. The Morgan fingerprint density at radius 2 is 1.96 bits per heavy atom. The molecule has 1 aromatic heterocycles. The second kappa shape index (κ2) is 7.30. The molecule has 7 heteroatoms. The van der Waals surface area contributed by atoms with Gasteiger partial charge in [-0.05, 0) is 43.4 Å². The van der Waals surface area contributed by atoms with Crippen molar-refractivity contribution in [1.29, 1.82) is 0 Å². The van der Waals surface area contributed by atoms with Crippen molar-refractivity contribution in [2.75, 3.05) is 5.32 Å². The summed E-state index contributed by atoms with van der Waals surface area (Å²) in [5.74, 6) is 1.78. The normalized spacial score (nSPS) is 20.2. The van der Waals surface area contributed by atoms with Crippen molar-refractivity contribution < 1.29 is 14.3 Å². The Hall–Kier alpha value is -2.83. The van der Waals surface area contributed by atoms with E-state index >= 15 is 0 Å². The number of β-lactam (4-membered cyclic amide) rings is 1. The van der Waals surface area contributed by atoms with E-state index in [4.69, 9.17) is 4.74 Å². The Bertz CT molecular complexity index is 866. The molecular formula is C21H26N4O3. The molecule has 3 N–H and O–H groups in total. The first kappa shape index (κ1) is 18.5. The van der Waals surface area contributed by atoms with Gasteiger partial charge in [-0.3, -0.25) is 14.7 Å². The Morgan fingerprint density at radius 3 is 2.57 bits per heavy atom. The molecule has 1 atom stereocenters. The van der Waals surface area contributed by atoms with Crippen LogP contribution >= 0.6 is 0 Å². The highest BCUT2D eigenvalue weighted by Gasteiger charge is 2.54. The maximum absolute atomic E-state index is 12.2. The van der Waals surface area contributed by atoms with Gasteiger partial charge in [0, 0.05) is 17.7 Å². The molecular weight excluding hydrogens is 356 g/mol. The summed E-state index contributed by atoms with van der Waals surface area (Å²) in [6.45, 7) is 4.01. The molecule has 0 radical (unpaired) electrons. The van der Waals surface area contributed by atoms with Gasteiger partial charge in [0.1, 0.15) is 11.2 Å². The number of H-pyrrole nitrogens is 1. The van der Waals surface area contributed by atoms with E-state index in [1.807, 2.05) is 44.2 Å². The average molecular weight is 382 g/mol. The molecule has 1 saturated carbocycles. The fraction of sp³-hybridized carbons (Fsp3) is 0.476. The van der Waals surface area contributed by atoms with Gasteiger partial charge in [0.2, 0.25) is 11.8 Å². The van der Waals surface area contributed by atoms with Crippen LogP contribution in [-0.4, -0.2) is 28.2 Å². The van der Waals surface area contributed by atoms with Crippen LogP contribution in [0.3, 0.4) is 0 Å². The van der Waals surface area contributed by atoms with Crippen LogP contribution in [0, 0.1) is 5.41 Å². The zero-order chi connectivity index (χ0) is 19.7. The smallest absolute Gasteiger partial charge is 0.234 e. The van der Waals surface area contributed by atoms with Gasteiger partial charge in [-0.15, -0.1) is 0 Å². The Kier molecular flexibility index (Phi) is 4.83. The maximum Gasteiger partial charge on any atom is 0.234 e. The molecule has 2 heterocycles. The van der Waals surface area contributed by atoms with Crippen LogP contribution in [0.2, 0.25) is 0 Å². The number of carbonyl (C=O) groups is 2. The number of nitrogens with one attached hydrogen (secondary N) is 3. The number of aromatic amines is 1. The van der Waals surface area contributed by atoms with Crippen LogP contribution in [0.15, 0.2) is 30.3 Å². The van der Waals surface area contributed by atoms with Crippen molar-refractivity contribution in [1.82, 2.24) is 15.5 Å². The lowest BCUT2D eigenvalue weighted by Gasteiger charge is -2.47. The summed E-state index contributed by atoms with van der Waals surface area (Å²) in [5, 5.41) is 12.8. The van der Waals surface area contributed by atoms with Gasteiger partial charge >= 0.3 is 0 Å². The minimum absolute atomic E-state index is 0.0546. The van der Waals surface area contributed by atoms with Crippen molar-refractivity contribution in [2.45, 2.75) is 58.1 Å². The van der Waals surface area contributed by atoms with E-state index in [9.17, 15) is 9.59 Å². The Labute approximate surface area is 164 Å². The number of nitrogens with zero attached hydrogens (tertiary/aromatic N) is 1. The molecule has 1 aliphatic heterocycles. The summed E-state index contributed by atoms with van der Waals surface area (Å²) in [6, 6.07) is 9.32. The van der Waals surface area contributed by atoms with Crippen LogP contribution in [0.25, 0.3) is 0 Å². The molecule has 0 bridgehead atoms. The van der Waals surface area contributed by atoms with Gasteiger partial charge in [-0.1, -0.05) is 26.0 Å². The van der Waals surface area contributed by atoms with Crippen LogP contribution in [-0.2, 0) is 16.0 Å². The van der Waals surface area contributed by atoms with Gasteiger partial charge in [0.05, 0.1) is 6.42 Å². The number of rotatable bonds is 8. The Balaban J connectivity index is 1.31. The number of hydrogen-bond acceptors (Lipinski definition) is 4. The second-order valence-electron chi connectivity index (χ2n) is 7.69. The molecule has 2 fully saturated rings. The first-order valence-electron chi connectivity index (χ1n) is 9.95. The third-order valence-corrected chi connectivity index (χ3v) is 5.90. The molecule has 4 rings (SSSR count). The zero-order valence-corrected chi connectivity index (χ0v) is 16.2. The summed E-state index contributed by atoms with van der Waals surface area (Å²) < 4.78 is 5.96. The monoisotopic (exact) mass is 382 g/mol. The third kappa shape index (κ3) is 3.48. The van der Waals surface area contributed by atoms with E-state index in [0.717, 1.165) is 24.1 Å². The molecule has 7 nitrogen and oxygen atoms in total. The molecule has 1 aromatic carbocycles. The molecule has 148 valence electrons. The van der Waals surface area contributed by atoms with Gasteiger partial charge in [-0.25, -0.2) is 0 Å². The van der Waals surface area contributed by atoms with Gasteiger partial charge < -0.3 is 15.4 Å². The summed E-state index contributed by atoms with van der Waals surface area (Å²) in [6.07, 6.45) is 3.82. The molecule has 2 aromatic rings. The number of hydrogen-bond donors (Lipinski definition) is 3. The summed E-state index contributed by atoms with van der Waals surface area (Å²) >= 11 is 0. The Morgan fingerprint density at radius 1 is 1.25 bits per heavy atom. The van der Waals surface area contributed by atoms with Crippen molar-refractivity contribution in [2.24, 2.45) is 5.41 Å². The van der Waals surface area contributed by atoms with Crippen LogP contribution in [0.4, 0.5) is 5.82 Å². The summed E-state index contributed by atoms with van der Waals surface area (Å²) in [5.41, 5.74) is 1.54. The predicted octanol–water partition coefficient (Wildman–Crippen LogP) is 3.11. The number of anilines is 1. The van der Waals surface area contributed by atoms with Crippen LogP contribution < -0.4 is 15.4 Å². The zero-order valence-electron chi connectivity index (χ0n) is 16.2. The van der Waals surface area contributed by atoms with Crippen molar-refractivity contribution >= 4 is 17.6 Å². The largest absolute Gasteiger partial charge is 0.470 e. The van der Waals surface area contributed by atoms with E-state index in [2.05, 4.69) is 20.8 Å². The molecule has 2 aliphatic rings. The maximum atomic E-state index is 12.2. The molecule has 0 spiro atoms. The number of carbonyl (C=O) groups excluding carboxylic acids is 2. The van der Waals surface area contributed by atoms with Gasteiger partial charge in [0.15, 0.2) is 12.0 Å². The highest BCUT2D eigenvalue weighted by Crippen LogP contribution is 2.40. The topological polar surface area (TPSA) is 96.1 Å². The molecule has 1 unspecified atom stereocenters. The number of aromatic nitrogens is 2. The standard InChI is InChI=1S/C21H26N4O3/c1-3-21(4-2)19(27)23-20(21)28-15-9-5-13(6-10-15)11-18(26)22-17-12-16(24-25-17)14-7-8-14/h5-6,9-10,12,14,20H,3-4,7-8,11H2,1-2H3,(H,23,27)(H2,22,24,25,26). The van der Waals surface area contributed by atoms with E-state index in [1.165, 1.54) is 12.8 Å². The fourth-order valence-electron chi connectivity index (χ4n) is 3.72. The molecule has 2 amide bonds. The van der Waals surface area contributed by atoms with Crippen molar-refractivity contribution in [3.8, 4) is 5.75 Å². The lowest BCUT2D eigenvalue weighted by Crippen LogP contribution is -2.69. The number of amides is 2. The van der Waals surface area contributed by atoms with Gasteiger partial charge in [0.25, 0.3) is 0 Å². The highest BCUT2D eigenvalue weighted by atomic mass is 16.5. The third-order valence-electron chi connectivity index (χ3n) is 5.90. The van der Waals surface area contributed by atoms with Crippen molar-refractivity contribution in [3.63, 3.8) is 0 Å². The lowest BCUT2D eigenvalue weighted by molar-refractivity contribution is -0.161. The van der Waals surface area contributed by atoms with E-state index in [0.29, 0.717) is 17.5 Å². The van der Waals surface area contributed by atoms with E-state index < -0.39 is 5.41 Å². The quantitative estimate of drug-likeness (QED) is 0.611. The molecule has 1 aliphatic carbocycles. The van der Waals surface area contributed by atoms with E-state index in [-0.39, 0.29) is 24.5 Å². The minimum Gasteiger partial charge on any atom is -0.470 e. The summed E-state index contributed by atoms with van der Waals surface area (Å²) in [4.78, 5) is 24.2. The highest BCUT2D eigenvalue weighted by molar-refractivity contribution is 5.91. The van der Waals surface area contributed by atoms with Crippen molar-refractivity contribution in [3.05, 3.63) is 41.6 Å². The SMILES string of the molecule is CCC1(CC)C(=O)NC1Oc1ccc(CC(=O)Nc2cc(C3CC3)[nH]n2)cc1. The first-order valence-corrected chi connectivity index (χ1v) is 9.95. The van der Waals surface area contributed by atoms with Gasteiger partial charge in [-0.2, -0.15) is 5.10 Å². The summed E-state index contributed by atoms with van der Waals surface area (Å²) in [7, 11) is 0. The van der Waals surface area contributed by atoms with Crippen LogP contribution in [0.1, 0.15) is 56.7 Å². The molecule has 28 heavy (non-hydrogen) atoms. The number of benzene rings is 1. The average Bonchev–Trinajstić information content (AvgIpc) is 3.43. The minimum atomic E-state index is -0.443. The second-order valence-corrected chi connectivity index (χ2v) is 7.69. The molecule has 1 saturated heterocycles. The number of ether oxygens (including phenoxy) is 1. The van der Waals surface area contributed by atoms with E-state index in [1.54, 1.807) is 0 Å². The fourth-order valence-corrected chi connectivity index (χ4v) is 3.72. The van der Waals surface area contributed by atoms with Crippen LogP contribution in [0.5, 0.6) is 5.75 Å². The predicted molar refractivity (Wildman–Crippen MR) is 105 cm³/mol. The lowest BCUT2D eigenvalue weighted by atomic mass is 9.73.